The zero-order valence-electron chi connectivity index (χ0n) is 21.5. The van der Waals surface area contributed by atoms with Crippen molar-refractivity contribution in [3.05, 3.63) is 83.0 Å². The van der Waals surface area contributed by atoms with Crippen molar-refractivity contribution in [3.8, 4) is 17.2 Å². The molecule has 0 radical (unpaired) electrons. The van der Waals surface area contributed by atoms with Crippen LogP contribution in [0.4, 0.5) is 0 Å². The van der Waals surface area contributed by atoms with Crippen molar-refractivity contribution in [1.29, 1.82) is 0 Å². The van der Waals surface area contributed by atoms with Gasteiger partial charge in [-0.25, -0.2) is 14.6 Å². The highest BCUT2D eigenvalue weighted by molar-refractivity contribution is 9.10. The SMILES string of the molecule is CCOC(=O)C1=C(C)N=c2s/c(=C/c3ccc(OCC(=O)O)c(Br)c3)c(=O)n2[C@@H]1c1ccc(OC)c(OC)c1. The Bertz CT molecular complexity index is 1660. The predicted octanol–water partition coefficient (Wildman–Crippen LogP) is 3.04. The largest absolute Gasteiger partial charge is 0.493 e. The Morgan fingerprint density at radius 1 is 1.13 bits per heavy atom. The summed E-state index contributed by atoms with van der Waals surface area (Å²) >= 11 is 4.57. The first-order valence-electron chi connectivity index (χ1n) is 11.7. The van der Waals surface area contributed by atoms with Crippen LogP contribution >= 0.6 is 27.3 Å². The molecule has 1 N–H and O–H groups in total. The van der Waals surface area contributed by atoms with Gasteiger partial charge in [-0.15, -0.1) is 0 Å². The van der Waals surface area contributed by atoms with Gasteiger partial charge in [-0.05, 0) is 71.2 Å². The van der Waals surface area contributed by atoms with E-state index in [1.54, 1.807) is 56.3 Å². The minimum atomic E-state index is -1.09. The van der Waals surface area contributed by atoms with Crippen LogP contribution in [0.5, 0.6) is 17.2 Å². The molecule has 0 fully saturated rings. The Kier molecular flexibility index (Phi) is 8.56. The van der Waals surface area contributed by atoms with Crippen molar-refractivity contribution in [2.24, 2.45) is 4.99 Å². The molecular weight excluding hydrogens is 592 g/mol. The van der Waals surface area contributed by atoms with E-state index in [0.717, 1.165) is 0 Å². The fourth-order valence-corrected chi connectivity index (χ4v) is 5.70. The van der Waals surface area contributed by atoms with E-state index >= 15 is 0 Å². The molecule has 0 unspecified atom stereocenters. The number of hydrogen-bond donors (Lipinski definition) is 1. The van der Waals surface area contributed by atoms with Crippen LogP contribution in [0.3, 0.4) is 0 Å². The standard InChI is InChI=1S/C27H25BrN2O8S/c1-5-37-26(34)23-14(2)29-27-30(24(23)16-7-9-19(35-3)20(12-16)36-4)25(33)21(39-27)11-15-6-8-18(17(28)10-15)38-13-22(31)32/h6-12,24H,5,13H2,1-4H3,(H,31,32)/b21-11+/t24-/m1/s1. The Morgan fingerprint density at radius 3 is 2.49 bits per heavy atom. The van der Waals surface area contributed by atoms with Crippen LogP contribution in [0.1, 0.15) is 31.0 Å². The number of thiazole rings is 1. The van der Waals surface area contributed by atoms with E-state index in [4.69, 9.17) is 24.1 Å². The van der Waals surface area contributed by atoms with Crippen LogP contribution in [0.25, 0.3) is 6.08 Å². The van der Waals surface area contributed by atoms with Crippen LogP contribution in [0.2, 0.25) is 0 Å². The van der Waals surface area contributed by atoms with Gasteiger partial charge < -0.3 is 24.1 Å². The van der Waals surface area contributed by atoms with Gasteiger partial charge in [0.15, 0.2) is 22.9 Å². The monoisotopic (exact) mass is 616 g/mol. The number of ether oxygens (including phenoxy) is 4. The van der Waals surface area contributed by atoms with Crippen molar-refractivity contribution in [2.45, 2.75) is 19.9 Å². The molecule has 10 nitrogen and oxygen atoms in total. The zero-order valence-corrected chi connectivity index (χ0v) is 23.9. The predicted molar refractivity (Wildman–Crippen MR) is 147 cm³/mol. The van der Waals surface area contributed by atoms with E-state index in [1.165, 1.54) is 30.1 Å². The Balaban J connectivity index is 1.87. The summed E-state index contributed by atoms with van der Waals surface area (Å²) in [5.74, 6) is -0.333. The maximum atomic E-state index is 13.8. The highest BCUT2D eigenvalue weighted by Gasteiger charge is 2.34. The van der Waals surface area contributed by atoms with Crippen molar-refractivity contribution in [1.82, 2.24) is 4.57 Å². The summed E-state index contributed by atoms with van der Waals surface area (Å²) in [4.78, 5) is 42.7. The summed E-state index contributed by atoms with van der Waals surface area (Å²) in [6.45, 7) is 3.11. The number of rotatable bonds is 9. The van der Waals surface area contributed by atoms with Gasteiger partial charge in [0, 0.05) is 0 Å². The summed E-state index contributed by atoms with van der Waals surface area (Å²) < 4.78 is 23.8. The third-order valence-electron chi connectivity index (χ3n) is 5.85. The van der Waals surface area contributed by atoms with Crippen molar-refractivity contribution in [3.63, 3.8) is 0 Å². The number of allylic oxidation sites excluding steroid dienone is 1. The van der Waals surface area contributed by atoms with E-state index in [-0.39, 0.29) is 17.7 Å². The van der Waals surface area contributed by atoms with Gasteiger partial charge in [0.1, 0.15) is 5.75 Å². The highest BCUT2D eigenvalue weighted by atomic mass is 79.9. The molecule has 0 spiro atoms. The average molecular weight is 617 g/mol. The minimum absolute atomic E-state index is 0.166. The number of carbonyl (C=O) groups is 2. The molecule has 39 heavy (non-hydrogen) atoms. The molecule has 3 aromatic rings. The molecule has 204 valence electrons. The van der Waals surface area contributed by atoms with Crippen LogP contribution in [0.15, 0.2) is 61.9 Å². The molecule has 0 aliphatic carbocycles. The number of nitrogens with zero attached hydrogens (tertiary/aromatic N) is 2. The van der Waals surface area contributed by atoms with E-state index in [0.29, 0.717) is 47.9 Å². The lowest BCUT2D eigenvalue weighted by Crippen LogP contribution is -2.39. The van der Waals surface area contributed by atoms with E-state index in [2.05, 4.69) is 20.9 Å². The van der Waals surface area contributed by atoms with Crippen molar-refractivity contribution < 1.29 is 33.6 Å². The van der Waals surface area contributed by atoms with Gasteiger partial charge in [-0.3, -0.25) is 9.36 Å². The Labute approximate surface area is 235 Å². The van der Waals surface area contributed by atoms with E-state index in [1.807, 2.05) is 0 Å². The van der Waals surface area contributed by atoms with Gasteiger partial charge in [0.05, 0.1) is 47.1 Å². The second-order valence-electron chi connectivity index (χ2n) is 8.29. The fraction of sp³-hybridized carbons (Fsp3) is 0.259. The first-order valence-corrected chi connectivity index (χ1v) is 13.3. The lowest BCUT2D eigenvalue weighted by atomic mass is 9.95. The van der Waals surface area contributed by atoms with E-state index < -0.39 is 24.6 Å². The molecule has 0 saturated carbocycles. The minimum Gasteiger partial charge on any atom is -0.493 e. The molecule has 1 aliphatic rings. The van der Waals surface area contributed by atoms with E-state index in [9.17, 15) is 14.4 Å². The van der Waals surface area contributed by atoms with Gasteiger partial charge >= 0.3 is 11.9 Å². The first-order chi connectivity index (χ1) is 18.7. The highest BCUT2D eigenvalue weighted by Crippen LogP contribution is 2.36. The maximum Gasteiger partial charge on any atom is 0.341 e. The number of aliphatic carboxylic acids is 1. The van der Waals surface area contributed by atoms with Crippen LogP contribution in [-0.2, 0) is 14.3 Å². The normalized spacial score (nSPS) is 14.9. The lowest BCUT2D eigenvalue weighted by Gasteiger charge is -2.25. The van der Waals surface area contributed by atoms with Crippen LogP contribution < -0.4 is 29.1 Å². The molecule has 1 atom stereocenters. The number of carboxylic acids is 1. The molecule has 0 saturated heterocycles. The molecule has 12 heteroatoms. The van der Waals surface area contributed by atoms with Crippen LogP contribution in [0, 0.1) is 0 Å². The van der Waals surface area contributed by atoms with Gasteiger partial charge in [-0.2, -0.15) is 0 Å². The smallest absolute Gasteiger partial charge is 0.341 e. The Morgan fingerprint density at radius 2 is 1.85 bits per heavy atom. The third-order valence-corrected chi connectivity index (χ3v) is 7.45. The number of methoxy groups -OCH3 is 2. The summed E-state index contributed by atoms with van der Waals surface area (Å²) in [5, 5.41) is 8.85. The van der Waals surface area contributed by atoms with Crippen LogP contribution in [-0.4, -0.2) is 49.0 Å². The summed E-state index contributed by atoms with van der Waals surface area (Å²) in [6.07, 6.45) is 1.70. The molecular formula is C27H25BrN2O8S. The van der Waals surface area contributed by atoms with Gasteiger partial charge in [0.25, 0.3) is 5.56 Å². The summed E-state index contributed by atoms with van der Waals surface area (Å²) in [7, 11) is 3.04. The molecule has 1 aliphatic heterocycles. The third kappa shape index (κ3) is 5.76. The number of fused-ring (bicyclic) bond motifs is 1. The van der Waals surface area contributed by atoms with Gasteiger partial charge in [0.2, 0.25) is 0 Å². The molecule has 2 aromatic carbocycles. The maximum absolute atomic E-state index is 13.8. The van der Waals surface area contributed by atoms with Crippen molar-refractivity contribution in [2.75, 3.05) is 27.4 Å². The first kappa shape index (κ1) is 28.1. The van der Waals surface area contributed by atoms with Crippen molar-refractivity contribution >= 4 is 45.3 Å². The number of aromatic nitrogens is 1. The Hall–Kier alpha value is -3.90. The molecule has 4 rings (SSSR count). The number of benzene rings is 2. The zero-order chi connectivity index (χ0) is 28.3. The average Bonchev–Trinajstić information content (AvgIpc) is 3.20. The summed E-state index contributed by atoms with van der Waals surface area (Å²) in [6, 6.07) is 9.46. The number of carbonyl (C=O) groups excluding carboxylic acids is 1. The number of hydrogen-bond acceptors (Lipinski definition) is 9. The number of halogens is 1. The fourth-order valence-electron chi connectivity index (χ4n) is 4.14. The molecule has 1 aromatic heterocycles. The molecule has 0 bridgehead atoms. The lowest BCUT2D eigenvalue weighted by molar-refractivity contribution is -0.140. The topological polar surface area (TPSA) is 126 Å². The molecule has 2 heterocycles. The second-order valence-corrected chi connectivity index (χ2v) is 10.2. The number of esters is 1. The molecule has 0 amide bonds. The quantitative estimate of drug-likeness (QED) is 0.364. The second kappa shape index (κ2) is 11.9. The number of carboxylic acid groups (broad SMARTS) is 1. The van der Waals surface area contributed by atoms with Gasteiger partial charge in [-0.1, -0.05) is 23.5 Å². The summed E-state index contributed by atoms with van der Waals surface area (Å²) in [5.41, 5.74) is 1.67.